The highest BCUT2D eigenvalue weighted by molar-refractivity contribution is 9.10. The second kappa shape index (κ2) is 5.99. The molecule has 6 heteroatoms. The van der Waals surface area contributed by atoms with Crippen LogP contribution < -0.4 is 9.47 Å². The normalized spacial score (nSPS) is 10.3. The predicted molar refractivity (Wildman–Crippen MR) is 70.9 cm³/mol. The first-order valence-corrected chi connectivity index (χ1v) is 6.20. The van der Waals surface area contributed by atoms with E-state index in [2.05, 4.69) is 20.9 Å². The minimum absolute atomic E-state index is 0.110. The molecule has 0 unspecified atom stereocenters. The lowest BCUT2D eigenvalue weighted by molar-refractivity contribution is 0.280. The van der Waals surface area contributed by atoms with Gasteiger partial charge in [-0.3, -0.25) is 0 Å². The number of methoxy groups -OCH3 is 1. The van der Waals surface area contributed by atoms with E-state index in [1.807, 2.05) is 0 Å². The Morgan fingerprint density at radius 2 is 2.11 bits per heavy atom. The molecule has 0 aliphatic carbocycles. The summed E-state index contributed by atoms with van der Waals surface area (Å²) in [6, 6.07) is 6.13. The van der Waals surface area contributed by atoms with Crippen molar-refractivity contribution in [2.75, 3.05) is 7.11 Å². The number of pyridine rings is 1. The highest BCUT2D eigenvalue weighted by Gasteiger charge is 2.11. The van der Waals surface area contributed by atoms with Gasteiger partial charge in [0.1, 0.15) is 0 Å². The van der Waals surface area contributed by atoms with Crippen LogP contribution >= 0.6 is 15.9 Å². The quantitative estimate of drug-likeness (QED) is 0.936. The van der Waals surface area contributed by atoms with Crippen LogP contribution in [0.4, 0.5) is 4.39 Å². The van der Waals surface area contributed by atoms with Gasteiger partial charge in [-0.15, -0.1) is 0 Å². The zero-order valence-corrected chi connectivity index (χ0v) is 11.6. The molecular weight excluding hydrogens is 317 g/mol. The SMILES string of the molecule is COc1cc(CO)ccc1Oc1ncc(Br)cc1F. The number of nitrogens with zero attached hydrogens (tertiary/aromatic N) is 1. The van der Waals surface area contributed by atoms with Crippen molar-refractivity contribution in [3.05, 3.63) is 46.3 Å². The number of aliphatic hydroxyl groups excluding tert-OH is 1. The van der Waals surface area contributed by atoms with Crippen molar-refractivity contribution in [3.8, 4) is 17.4 Å². The van der Waals surface area contributed by atoms with Crippen molar-refractivity contribution >= 4 is 15.9 Å². The van der Waals surface area contributed by atoms with Gasteiger partial charge in [0.05, 0.1) is 13.7 Å². The largest absolute Gasteiger partial charge is 0.493 e. The number of hydrogen-bond acceptors (Lipinski definition) is 4. The number of aliphatic hydroxyl groups is 1. The van der Waals surface area contributed by atoms with Gasteiger partial charge in [-0.2, -0.15) is 0 Å². The van der Waals surface area contributed by atoms with Crippen LogP contribution in [-0.2, 0) is 6.61 Å². The van der Waals surface area contributed by atoms with Gasteiger partial charge in [-0.1, -0.05) is 6.07 Å². The van der Waals surface area contributed by atoms with Crippen molar-refractivity contribution in [1.82, 2.24) is 4.98 Å². The lowest BCUT2D eigenvalue weighted by Crippen LogP contribution is -1.96. The Morgan fingerprint density at radius 1 is 1.32 bits per heavy atom. The molecule has 19 heavy (non-hydrogen) atoms. The van der Waals surface area contributed by atoms with E-state index in [-0.39, 0.29) is 12.5 Å². The minimum atomic E-state index is -0.581. The summed E-state index contributed by atoms with van der Waals surface area (Å²) >= 11 is 3.12. The Hall–Kier alpha value is -1.66. The number of aromatic nitrogens is 1. The number of hydrogen-bond donors (Lipinski definition) is 1. The fourth-order valence-electron chi connectivity index (χ4n) is 1.48. The molecule has 0 spiro atoms. The Kier molecular flexibility index (Phi) is 4.34. The van der Waals surface area contributed by atoms with Crippen LogP contribution in [0.3, 0.4) is 0 Å². The Balaban J connectivity index is 2.32. The van der Waals surface area contributed by atoms with E-state index in [4.69, 9.17) is 14.6 Å². The minimum Gasteiger partial charge on any atom is -0.493 e. The molecule has 2 rings (SSSR count). The maximum atomic E-state index is 13.6. The summed E-state index contributed by atoms with van der Waals surface area (Å²) in [7, 11) is 1.47. The van der Waals surface area contributed by atoms with E-state index >= 15 is 0 Å². The second-order valence-electron chi connectivity index (χ2n) is 3.69. The molecule has 0 radical (unpaired) electrons. The summed E-state index contributed by atoms with van der Waals surface area (Å²) in [6.07, 6.45) is 1.44. The molecule has 100 valence electrons. The van der Waals surface area contributed by atoms with Crippen molar-refractivity contribution < 1.29 is 19.0 Å². The van der Waals surface area contributed by atoms with Crippen molar-refractivity contribution in [3.63, 3.8) is 0 Å². The number of ether oxygens (including phenoxy) is 2. The molecule has 0 bridgehead atoms. The average molecular weight is 328 g/mol. The number of rotatable bonds is 4. The van der Waals surface area contributed by atoms with Gasteiger partial charge in [-0.25, -0.2) is 9.37 Å². The molecule has 0 amide bonds. The van der Waals surface area contributed by atoms with Crippen LogP contribution in [0.2, 0.25) is 0 Å². The van der Waals surface area contributed by atoms with E-state index in [0.29, 0.717) is 21.5 Å². The highest BCUT2D eigenvalue weighted by atomic mass is 79.9. The molecule has 0 saturated heterocycles. The lowest BCUT2D eigenvalue weighted by Gasteiger charge is -2.11. The summed E-state index contributed by atoms with van der Waals surface area (Å²) in [6.45, 7) is -0.110. The van der Waals surface area contributed by atoms with Gasteiger partial charge in [0.15, 0.2) is 17.3 Å². The summed E-state index contributed by atoms with van der Waals surface area (Å²) in [5.41, 5.74) is 0.674. The average Bonchev–Trinajstić information content (AvgIpc) is 2.42. The molecule has 1 aromatic carbocycles. The highest BCUT2D eigenvalue weighted by Crippen LogP contribution is 2.33. The summed E-state index contributed by atoms with van der Waals surface area (Å²) in [5.74, 6) is 0.00463. The molecule has 2 aromatic rings. The molecule has 0 atom stereocenters. The first-order valence-electron chi connectivity index (χ1n) is 5.40. The molecule has 0 aliphatic rings. The smallest absolute Gasteiger partial charge is 0.256 e. The predicted octanol–water partition coefficient (Wildman–Crippen LogP) is 3.28. The standard InChI is InChI=1S/C13H11BrFNO3/c1-18-12-4-8(7-17)2-3-11(12)19-13-10(15)5-9(14)6-16-13/h2-6,17H,7H2,1H3. The lowest BCUT2D eigenvalue weighted by atomic mass is 10.2. The van der Waals surface area contributed by atoms with E-state index in [1.165, 1.54) is 19.4 Å². The molecule has 4 nitrogen and oxygen atoms in total. The van der Waals surface area contributed by atoms with Gasteiger partial charge in [0.25, 0.3) is 5.88 Å². The van der Waals surface area contributed by atoms with Gasteiger partial charge >= 0.3 is 0 Å². The van der Waals surface area contributed by atoms with Gasteiger partial charge < -0.3 is 14.6 Å². The number of halogens is 2. The summed E-state index contributed by atoms with van der Waals surface area (Å²) in [4.78, 5) is 3.84. The van der Waals surface area contributed by atoms with Gasteiger partial charge in [-0.05, 0) is 39.7 Å². The van der Waals surface area contributed by atoms with Crippen molar-refractivity contribution in [1.29, 1.82) is 0 Å². The maximum Gasteiger partial charge on any atom is 0.256 e. The van der Waals surface area contributed by atoms with E-state index in [0.717, 1.165) is 0 Å². The molecule has 1 aromatic heterocycles. The third kappa shape index (κ3) is 3.21. The zero-order chi connectivity index (χ0) is 13.8. The monoisotopic (exact) mass is 327 g/mol. The summed E-state index contributed by atoms with van der Waals surface area (Å²) < 4.78 is 24.6. The molecule has 1 heterocycles. The third-order valence-corrected chi connectivity index (χ3v) is 2.82. The Labute approximate surface area is 117 Å². The molecular formula is C13H11BrFNO3. The molecule has 1 N–H and O–H groups in total. The van der Waals surface area contributed by atoms with Crippen LogP contribution in [0.5, 0.6) is 17.4 Å². The number of benzene rings is 1. The molecule has 0 fully saturated rings. The van der Waals surface area contributed by atoms with Crippen LogP contribution in [0.25, 0.3) is 0 Å². The van der Waals surface area contributed by atoms with E-state index < -0.39 is 5.82 Å². The molecule has 0 saturated carbocycles. The van der Waals surface area contributed by atoms with Gasteiger partial charge in [0.2, 0.25) is 0 Å². The third-order valence-electron chi connectivity index (χ3n) is 2.39. The first-order chi connectivity index (χ1) is 9.13. The second-order valence-corrected chi connectivity index (χ2v) is 4.60. The maximum absolute atomic E-state index is 13.6. The molecule has 0 aliphatic heterocycles. The van der Waals surface area contributed by atoms with E-state index in [9.17, 15) is 4.39 Å². The van der Waals surface area contributed by atoms with Crippen LogP contribution in [0.1, 0.15) is 5.56 Å². The van der Waals surface area contributed by atoms with Crippen LogP contribution in [-0.4, -0.2) is 17.2 Å². The fraction of sp³-hybridized carbons (Fsp3) is 0.154. The fourth-order valence-corrected chi connectivity index (χ4v) is 1.78. The van der Waals surface area contributed by atoms with Crippen molar-refractivity contribution in [2.45, 2.75) is 6.61 Å². The van der Waals surface area contributed by atoms with Crippen molar-refractivity contribution in [2.24, 2.45) is 0 Å². The van der Waals surface area contributed by atoms with Gasteiger partial charge in [0, 0.05) is 10.7 Å². The zero-order valence-electron chi connectivity index (χ0n) is 10.1. The van der Waals surface area contributed by atoms with Crippen LogP contribution in [0, 0.1) is 5.82 Å². The first kappa shape index (κ1) is 13.8. The summed E-state index contributed by atoms with van der Waals surface area (Å²) in [5, 5.41) is 9.04. The topological polar surface area (TPSA) is 51.6 Å². The Morgan fingerprint density at radius 3 is 2.74 bits per heavy atom. The van der Waals surface area contributed by atoms with Crippen LogP contribution in [0.15, 0.2) is 34.9 Å². The van der Waals surface area contributed by atoms with E-state index in [1.54, 1.807) is 18.2 Å². The Bertz CT molecular complexity index is 592.